The summed E-state index contributed by atoms with van der Waals surface area (Å²) in [6.45, 7) is 12.5. The number of nitrogens with zero attached hydrogens (tertiary/aromatic N) is 1. The van der Waals surface area contributed by atoms with Gasteiger partial charge in [-0.05, 0) is 49.9 Å². The van der Waals surface area contributed by atoms with Crippen LogP contribution in [0.2, 0.25) is 0 Å². The Hall–Kier alpha value is -1.59. The molecule has 2 heteroatoms. The quantitative estimate of drug-likeness (QED) is 0.649. The molecule has 0 unspecified atom stereocenters. The molecule has 1 heterocycles. The molecule has 21 heavy (non-hydrogen) atoms. The third-order valence-electron chi connectivity index (χ3n) is 2.91. The Morgan fingerprint density at radius 2 is 1.52 bits per heavy atom. The van der Waals surface area contributed by atoms with Gasteiger partial charge in [0.15, 0.2) is 0 Å². The standard InChI is InChI=1S/C15H15NS.C4H10/c1-11-4-9-14(17-11)12-5-7-13(8-6-12)15(2,3)10-16;1-4(2)3/h4-9H,1-3H3;4H,1-3H3. The van der Waals surface area contributed by atoms with Gasteiger partial charge in [0, 0.05) is 9.75 Å². The number of rotatable bonds is 2. The first-order valence-corrected chi connectivity index (χ1v) is 8.16. The normalized spacial score (nSPS) is 10.8. The second-order valence-electron chi connectivity index (χ2n) is 6.46. The molecule has 2 aromatic rings. The van der Waals surface area contributed by atoms with Crippen LogP contribution in [0.3, 0.4) is 0 Å². The molecule has 1 aromatic heterocycles. The van der Waals surface area contributed by atoms with Crippen molar-refractivity contribution in [1.82, 2.24) is 0 Å². The van der Waals surface area contributed by atoms with Gasteiger partial charge in [0.05, 0.1) is 11.5 Å². The van der Waals surface area contributed by atoms with E-state index in [1.165, 1.54) is 15.3 Å². The Morgan fingerprint density at radius 1 is 1.00 bits per heavy atom. The SMILES string of the molecule is CC(C)C.Cc1ccc(-c2ccc(C(C)(C)C#N)cc2)s1. The smallest absolute Gasteiger partial charge is 0.0766 e. The first-order chi connectivity index (χ1) is 9.76. The van der Waals surface area contributed by atoms with Crippen LogP contribution >= 0.6 is 11.3 Å². The molecule has 112 valence electrons. The van der Waals surface area contributed by atoms with E-state index < -0.39 is 5.41 Å². The van der Waals surface area contributed by atoms with E-state index in [2.05, 4.69) is 58.0 Å². The fourth-order valence-electron chi connectivity index (χ4n) is 1.71. The van der Waals surface area contributed by atoms with Gasteiger partial charge in [-0.15, -0.1) is 11.3 Å². The summed E-state index contributed by atoms with van der Waals surface area (Å²) in [4.78, 5) is 2.60. The molecule has 0 saturated heterocycles. The lowest BCUT2D eigenvalue weighted by atomic mass is 9.86. The van der Waals surface area contributed by atoms with Crippen LogP contribution in [0.15, 0.2) is 36.4 Å². The molecule has 0 fully saturated rings. The van der Waals surface area contributed by atoms with Crippen molar-refractivity contribution in [2.75, 3.05) is 0 Å². The number of nitriles is 1. The Morgan fingerprint density at radius 3 is 1.90 bits per heavy atom. The molecular formula is C19H25NS. The van der Waals surface area contributed by atoms with E-state index in [0.717, 1.165) is 11.5 Å². The second-order valence-corrected chi connectivity index (χ2v) is 7.74. The summed E-state index contributed by atoms with van der Waals surface area (Å²) < 4.78 is 0. The van der Waals surface area contributed by atoms with Gasteiger partial charge in [0.1, 0.15) is 0 Å². The molecular weight excluding hydrogens is 274 g/mol. The van der Waals surface area contributed by atoms with E-state index >= 15 is 0 Å². The molecule has 0 saturated carbocycles. The molecule has 0 atom stereocenters. The summed E-state index contributed by atoms with van der Waals surface area (Å²) in [5.41, 5.74) is 1.88. The second kappa shape index (κ2) is 7.43. The van der Waals surface area contributed by atoms with Crippen LogP contribution < -0.4 is 0 Å². The predicted octanol–water partition coefficient (Wildman–Crippen LogP) is 6.19. The topological polar surface area (TPSA) is 23.8 Å². The summed E-state index contributed by atoms with van der Waals surface area (Å²) in [7, 11) is 0. The van der Waals surface area contributed by atoms with Crippen LogP contribution in [0.25, 0.3) is 10.4 Å². The van der Waals surface area contributed by atoms with Crippen LogP contribution in [0.5, 0.6) is 0 Å². The molecule has 1 nitrogen and oxygen atoms in total. The lowest BCUT2D eigenvalue weighted by Crippen LogP contribution is -2.13. The van der Waals surface area contributed by atoms with Gasteiger partial charge >= 0.3 is 0 Å². The minimum absolute atomic E-state index is 0.413. The lowest BCUT2D eigenvalue weighted by molar-refractivity contribution is 0.687. The summed E-state index contributed by atoms with van der Waals surface area (Å²) in [5, 5.41) is 9.09. The van der Waals surface area contributed by atoms with Gasteiger partial charge in [-0.1, -0.05) is 45.0 Å². The van der Waals surface area contributed by atoms with Crippen LogP contribution in [0, 0.1) is 24.2 Å². The van der Waals surface area contributed by atoms with Crippen LogP contribution in [-0.2, 0) is 5.41 Å². The van der Waals surface area contributed by atoms with Crippen LogP contribution in [0.1, 0.15) is 45.1 Å². The average Bonchev–Trinajstić information content (AvgIpc) is 2.85. The molecule has 0 aliphatic heterocycles. The van der Waals surface area contributed by atoms with Gasteiger partial charge in [0.25, 0.3) is 0 Å². The van der Waals surface area contributed by atoms with Gasteiger partial charge in [-0.25, -0.2) is 0 Å². The first-order valence-electron chi connectivity index (χ1n) is 7.35. The molecule has 0 aliphatic carbocycles. The third-order valence-corrected chi connectivity index (χ3v) is 3.96. The lowest BCUT2D eigenvalue weighted by Gasteiger charge is -2.15. The Balaban J connectivity index is 0.000000491. The van der Waals surface area contributed by atoms with Crippen molar-refractivity contribution < 1.29 is 0 Å². The molecule has 0 aliphatic rings. The van der Waals surface area contributed by atoms with Gasteiger partial charge in [-0.2, -0.15) is 5.26 Å². The van der Waals surface area contributed by atoms with E-state index in [1.54, 1.807) is 11.3 Å². The van der Waals surface area contributed by atoms with Crippen molar-refractivity contribution in [3.63, 3.8) is 0 Å². The summed E-state index contributed by atoms with van der Waals surface area (Å²) in [5.74, 6) is 0.833. The van der Waals surface area contributed by atoms with E-state index in [0.29, 0.717) is 0 Å². The molecule has 2 rings (SSSR count). The van der Waals surface area contributed by atoms with Crippen molar-refractivity contribution in [3.8, 4) is 16.5 Å². The summed E-state index contributed by atoms with van der Waals surface area (Å²) in [6.07, 6.45) is 0. The maximum Gasteiger partial charge on any atom is 0.0766 e. The fraction of sp³-hybridized carbons (Fsp3) is 0.421. The summed E-state index contributed by atoms with van der Waals surface area (Å²) in [6, 6.07) is 14.9. The maximum absolute atomic E-state index is 9.09. The zero-order chi connectivity index (χ0) is 16.0. The van der Waals surface area contributed by atoms with Crippen molar-refractivity contribution in [3.05, 3.63) is 46.8 Å². The molecule has 0 spiro atoms. The summed E-state index contributed by atoms with van der Waals surface area (Å²) >= 11 is 1.79. The highest BCUT2D eigenvalue weighted by Crippen LogP contribution is 2.30. The van der Waals surface area contributed by atoms with Gasteiger partial charge in [-0.3, -0.25) is 0 Å². The van der Waals surface area contributed by atoms with E-state index in [-0.39, 0.29) is 0 Å². The molecule has 0 N–H and O–H groups in total. The number of thiophene rings is 1. The van der Waals surface area contributed by atoms with Crippen molar-refractivity contribution in [1.29, 1.82) is 5.26 Å². The van der Waals surface area contributed by atoms with Crippen molar-refractivity contribution in [2.45, 2.75) is 47.0 Å². The Labute approximate surface area is 133 Å². The Kier molecular flexibility index (Phi) is 6.18. The van der Waals surface area contributed by atoms with Gasteiger partial charge in [0.2, 0.25) is 0 Å². The third kappa shape index (κ3) is 5.36. The first kappa shape index (κ1) is 17.5. The number of benzene rings is 1. The van der Waals surface area contributed by atoms with Crippen molar-refractivity contribution in [2.24, 2.45) is 5.92 Å². The van der Waals surface area contributed by atoms with E-state index in [9.17, 15) is 0 Å². The predicted molar refractivity (Wildman–Crippen MR) is 93.6 cm³/mol. The van der Waals surface area contributed by atoms with E-state index in [4.69, 9.17) is 5.26 Å². The molecule has 0 radical (unpaired) electrons. The highest BCUT2D eigenvalue weighted by atomic mass is 32.1. The number of hydrogen-bond acceptors (Lipinski definition) is 2. The Bertz CT molecular complexity index is 594. The van der Waals surface area contributed by atoms with Crippen LogP contribution in [-0.4, -0.2) is 0 Å². The van der Waals surface area contributed by atoms with E-state index in [1.807, 2.05) is 26.0 Å². The number of aryl methyl sites for hydroxylation is 1. The largest absolute Gasteiger partial charge is 0.197 e. The highest BCUT2D eigenvalue weighted by molar-refractivity contribution is 7.15. The van der Waals surface area contributed by atoms with Gasteiger partial charge < -0.3 is 0 Å². The molecule has 1 aromatic carbocycles. The van der Waals surface area contributed by atoms with Crippen molar-refractivity contribution >= 4 is 11.3 Å². The fourth-order valence-corrected chi connectivity index (χ4v) is 2.58. The maximum atomic E-state index is 9.09. The number of hydrogen-bond donors (Lipinski definition) is 0. The van der Waals surface area contributed by atoms with Crippen LogP contribution in [0.4, 0.5) is 0 Å². The molecule has 0 amide bonds. The monoisotopic (exact) mass is 299 g/mol. The minimum atomic E-state index is -0.413. The highest BCUT2D eigenvalue weighted by Gasteiger charge is 2.19. The minimum Gasteiger partial charge on any atom is -0.197 e. The zero-order valence-electron chi connectivity index (χ0n) is 13.9. The zero-order valence-corrected chi connectivity index (χ0v) is 14.7. The molecule has 0 bridgehead atoms. The average molecular weight is 299 g/mol.